The van der Waals surface area contributed by atoms with Gasteiger partial charge in [-0.15, -0.1) is 0 Å². The van der Waals surface area contributed by atoms with Gasteiger partial charge < -0.3 is 4.74 Å². The van der Waals surface area contributed by atoms with E-state index in [1.807, 2.05) is 6.92 Å². The average molecular weight is 200 g/mol. The molecule has 0 saturated carbocycles. The topological polar surface area (TPSA) is 39.2 Å². The highest BCUT2D eigenvalue weighted by atomic mass is 35.5. The van der Waals surface area contributed by atoms with E-state index in [0.717, 1.165) is 11.1 Å². The van der Waals surface area contributed by atoms with Crippen molar-refractivity contribution in [3.8, 4) is 0 Å². The summed E-state index contributed by atoms with van der Waals surface area (Å²) in [4.78, 5) is 13.8. The van der Waals surface area contributed by atoms with Crippen molar-refractivity contribution in [2.75, 3.05) is 6.61 Å². The van der Waals surface area contributed by atoms with Crippen LogP contribution in [0.15, 0.2) is 12.4 Å². The van der Waals surface area contributed by atoms with Crippen molar-refractivity contribution in [1.82, 2.24) is 4.98 Å². The molecule has 0 fully saturated rings. The number of halogens is 1. The number of carbonyl (C=O) groups is 1. The number of aromatic nitrogens is 1. The van der Waals surface area contributed by atoms with E-state index in [1.165, 1.54) is 0 Å². The number of hydrogen-bond acceptors (Lipinski definition) is 3. The fourth-order valence-corrected chi connectivity index (χ4v) is 1.38. The van der Waals surface area contributed by atoms with Gasteiger partial charge in [-0.05, 0) is 18.1 Å². The van der Waals surface area contributed by atoms with Gasteiger partial charge in [0, 0.05) is 18.8 Å². The summed E-state index contributed by atoms with van der Waals surface area (Å²) < 4.78 is 4.59. The van der Waals surface area contributed by atoms with Crippen molar-refractivity contribution in [2.24, 2.45) is 0 Å². The number of ether oxygens (including phenoxy) is 1. The van der Waals surface area contributed by atoms with Crippen LogP contribution >= 0.6 is 11.6 Å². The maximum atomic E-state index is 9.90. The first-order valence-electron chi connectivity index (χ1n) is 3.90. The Bertz CT molecular complexity index is 281. The first kappa shape index (κ1) is 9.99. The quantitative estimate of drug-likeness (QED) is 0.548. The van der Waals surface area contributed by atoms with Gasteiger partial charge in [0.05, 0.1) is 11.6 Å². The van der Waals surface area contributed by atoms with Gasteiger partial charge in [-0.3, -0.25) is 9.78 Å². The van der Waals surface area contributed by atoms with Crippen LogP contribution in [0.25, 0.3) is 0 Å². The van der Waals surface area contributed by atoms with Crippen molar-refractivity contribution in [2.45, 2.75) is 13.3 Å². The second-order valence-electron chi connectivity index (χ2n) is 2.63. The lowest BCUT2D eigenvalue weighted by Gasteiger charge is -2.05. The molecule has 0 radical (unpaired) electrons. The molecule has 0 atom stereocenters. The monoisotopic (exact) mass is 199 g/mol. The van der Waals surface area contributed by atoms with Gasteiger partial charge in [-0.2, -0.15) is 0 Å². The molecular weight excluding hydrogens is 190 g/mol. The summed E-state index contributed by atoms with van der Waals surface area (Å²) in [5.41, 5.74) is 2.00. The minimum atomic E-state index is 0.355. The Balaban J connectivity index is 2.69. The maximum Gasteiger partial charge on any atom is 0.293 e. The summed E-state index contributed by atoms with van der Waals surface area (Å²) in [6, 6.07) is 0. The second kappa shape index (κ2) is 4.82. The minimum Gasteiger partial charge on any atom is -0.468 e. The molecule has 0 spiro atoms. The number of rotatable bonds is 4. The fourth-order valence-electron chi connectivity index (χ4n) is 1.08. The Hall–Kier alpha value is -1.09. The zero-order valence-electron chi connectivity index (χ0n) is 7.29. The van der Waals surface area contributed by atoms with Crippen LogP contribution in [0.4, 0.5) is 0 Å². The number of aryl methyl sites for hydroxylation is 1. The van der Waals surface area contributed by atoms with Crippen LogP contribution in [0.3, 0.4) is 0 Å². The predicted octanol–water partition coefficient (Wildman–Crippen LogP) is 1.76. The van der Waals surface area contributed by atoms with Gasteiger partial charge in [0.1, 0.15) is 0 Å². The molecule has 3 nitrogen and oxygen atoms in total. The van der Waals surface area contributed by atoms with E-state index in [-0.39, 0.29) is 0 Å². The van der Waals surface area contributed by atoms with Crippen molar-refractivity contribution >= 4 is 18.1 Å². The number of pyridine rings is 1. The van der Waals surface area contributed by atoms with Crippen LogP contribution in [0.5, 0.6) is 0 Å². The van der Waals surface area contributed by atoms with E-state index in [4.69, 9.17) is 11.6 Å². The molecule has 0 unspecified atom stereocenters. The lowest BCUT2D eigenvalue weighted by atomic mass is 10.1. The Kier molecular flexibility index (Phi) is 3.71. The van der Waals surface area contributed by atoms with Gasteiger partial charge in [-0.25, -0.2) is 0 Å². The van der Waals surface area contributed by atoms with Crippen LogP contribution in [-0.2, 0) is 16.0 Å². The second-order valence-corrected chi connectivity index (χ2v) is 3.04. The third-order valence-corrected chi connectivity index (χ3v) is 2.08. The summed E-state index contributed by atoms with van der Waals surface area (Å²) >= 11 is 5.90. The van der Waals surface area contributed by atoms with Gasteiger partial charge in [-0.1, -0.05) is 11.6 Å². The standard InChI is InChI=1S/C9H10ClNO2/c1-7-4-11-5-9(10)8(7)2-3-13-6-12/h4-6H,2-3H2,1H3. The molecule has 1 rings (SSSR count). The van der Waals surface area contributed by atoms with Crippen molar-refractivity contribution in [1.29, 1.82) is 0 Å². The largest absolute Gasteiger partial charge is 0.468 e. The Morgan fingerprint density at radius 3 is 3.00 bits per heavy atom. The highest BCUT2D eigenvalue weighted by molar-refractivity contribution is 6.31. The first-order chi connectivity index (χ1) is 6.25. The molecule has 0 aliphatic heterocycles. The minimum absolute atomic E-state index is 0.355. The summed E-state index contributed by atoms with van der Waals surface area (Å²) in [6.45, 7) is 2.72. The van der Waals surface area contributed by atoms with Crippen molar-refractivity contribution in [3.63, 3.8) is 0 Å². The van der Waals surface area contributed by atoms with Crippen LogP contribution in [0.2, 0.25) is 5.02 Å². The Morgan fingerprint density at radius 1 is 1.62 bits per heavy atom. The molecular formula is C9H10ClNO2. The molecule has 4 heteroatoms. The van der Waals surface area contributed by atoms with Crippen LogP contribution in [-0.4, -0.2) is 18.1 Å². The van der Waals surface area contributed by atoms with Crippen molar-refractivity contribution < 1.29 is 9.53 Å². The van der Waals surface area contributed by atoms with Crippen LogP contribution < -0.4 is 0 Å². The van der Waals surface area contributed by atoms with Gasteiger partial charge >= 0.3 is 0 Å². The van der Waals surface area contributed by atoms with E-state index in [9.17, 15) is 4.79 Å². The highest BCUT2D eigenvalue weighted by Gasteiger charge is 2.03. The smallest absolute Gasteiger partial charge is 0.293 e. The molecule has 0 aliphatic rings. The number of carbonyl (C=O) groups excluding carboxylic acids is 1. The van der Waals surface area contributed by atoms with Gasteiger partial charge in [0.15, 0.2) is 0 Å². The SMILES string of the molecule is Cc1cncc(Cl)c1CCOC=O. The van der Waals surface area contributed by atoms with E-state index in [0.29, 0.717) is 24.5 Å². The fraction of sp³-hybridized carbons (Fsp3) is 0.333. The van der Waals surface area contributed by atoms with E-state index in [1.54, 1.807) is 12.4 Å². The zero-order chi connectivity index (χ0) is 9.68. The van der Waals surface area contributed by atoms with Crippen molar-refractivity contribution in [3.05, 3.63) is 28.5 Å². The lowest BCUT2D eigenvalue weighted by Crippen LogP contribution is -2.00. The normalized spacial score (nSPS) is 9.69. The molecule has 1 aromatic heterocycles. The average Bonchev–Trinajstić information content (AvgIpc) is 2.10. The third kappa shape index (κ3) is 2.70. The maximum absolute atomic E-state index is 9.90. The number of hydrogen-bond donors (Lipinski definition) is 0. The first-order valence-corrected chi connectivity index (χ1v) is 4.27. The lowest BCUT2D eigenvalue weighted by molar-refractivity contribution is -0.128. The zero-order valence-corrected chi connectivity index (χ0v) is 8.04. The molecule has 0 aliphatic carbocycles. The Labute approximate surface area is 81.7 Å². The van der Waals surface area contributed by atoms with E-state index in [2.05, 4.69) is 9.72 Å². The summed E-state index contributed by atoms with van der Waals surface area (Å²) in [5.74, 6) is 0. The molecule has 0 bridgehead atoms. The van der Waals surface area contributed by atoms with E-state index >= 15 is 0 Å². The number of nitrogens with zero attached hydrogens (tertiary/aromatic N) is 1. The summed E-state index contributed by atoms with van der Waals surface area (Å²) in [5, 5.41) is 0.620. The molecule has 0 N–H and O–H groups in total. The molecule has 0 amide bonds. The van der Waals surface area contributed by atoms with Gasteiger partial charge in [0.25, 0.3) is 6.47 Å². The predicted molar refractivity (Wildman–Crippen MR) is 49.7 cm³/mol. The molecule has 0 aromatic carbocycles. The molecule has 70 valence electrons. The molecule has 1 heterocycles. The molecule has 13 heavy (non-hydrogen) atoms. The van der Waals surface area contributed by atoms with Gasteiger partial charge in [0.2, 0.25) is 0 Å². The third-order valence-electron chi connectivity index (χ3n) is 1.76. The summed E-state index contributed by atoms with van der Waals surface area (Å²) in [7, 11) is 0. The van der Waals surface area contributed by atoms with Crippen LogP contribution in [0.1, 0.15) is 11.1 Å². The molecule has 1 aromatic rings. The molecule has 0 saturated heterocycles. The van der Waals surface area contributed by atoms with Crippen LogP contribution in [0, 0.1) is 6.92 Å². The summed E-state index contributed by atoms with van der Waals surface area (Å²) in [6.07, 6.45) is 3.96. The highest BCUT2D eigenvalue weighted by Crippen LogP contribution is 2.18. The van der Waals surface area contributed by atoms with E-state index < -0.39 is 0 Å². The Morgan fingerprint density at radius 2 is 2.38 bits per heavy atom.